The number of ether oxygens (including phenoxy) is 2. The predicted molar refractivity (Wildman–Crippen MR) is 149 cm³/mol. The van der Waals surface area contributed by atoms with Gasteiger partial charge in [-0.3, -0.25) is 9.59 Å². The van der Waals surface area contributed by atoms with E-state index >= 15 is 0 Å². The molecule has 1 unspecified atom stereocenters. The zero-order valence-electron chi connectivity index (χ0n) is 22.0. The van der Waals surface area contributed by atoms with E-state index in [1.165, 1.54) is 0 Å². The maximum absolute atomic E-state index is 14.0. The molecule has 1 aliphatic rings. The molecule has 5 rings (SSSR count). The zero-order valence-corrected chi connectivity index (χ0v) is 22.7. The highest BCUT2D eigenvalue weighted by atomic mass is 35.5. The van der Waals surface area contributed by atoms with Gasteiger partial charge in [0.05, 0.1) is 30.2 Å². The summed E-state index contributed by atoms with van der Waals surface area (Å²) in [4.78, 5) is 29.5. The van der Waals surface area contributed by atoms with Gasteiger partial charge < -0.3 is 18.8 Å². The molecule has 6 nitrogen and oxygen atoms in total. The third kappa shape index (κ3) is 4.54. The van der Waals surface area contributed by atoms with Gasteiger partial charge in [-0.2, -0.15) is 0 Å². The molecule has 196 valence electrons. The van der Waals surface area contributed by atoms with Crippen LogP contribution in [0.4, 0.5) is 0 Å². The highest BCUT2D eigenvalue weighted by Gasteiger charge is 2.43. The number of fused-ring (bicyclic) bond motifs is 2. The van der Waals surface area contributed by atoms with Crippen molar-refractivity contribution < 1.29 is 18.7 Å². The number of carbonyl (C=O) groups excluding carboxylic acids is 1. The Hall–Kier alpha value is -3.77. The summed E-state index contributed by atoms with van der Waals surface area (Å²) in [5.41, 5.74) is 3.98. The van der Waals surface area contributed by atoms with Gasteiger partial charge >= 0.3 is 0 Å². The number of amides is 1. The number of nitrogens with zero attached hydrogens (tertiary/aromatic N) is 1. The van der Waals surface area contributed by atoms with E-state index < -0.39 is 6.04 Å². The molecule has 38 heavy (non-hydrogen) atoms. The fourth-order valence-electron chi connectivity index (χ4n) is 4.89. The molecule has 0 aliphatic carbocycles. The van der Waals surface area contributed by atoms with Gasteiger partial charge in [0.2, 0.25) is 5.76 Å². The van der Waals surface area contributed by atoms with Crippen molar-refractivity contribution in [3.8, 4) is 11.5 Å². The number of aryl methyl sites for hydroxylation is 2. The van der Waals surface area contributed by atoms with Crippen molar-refractivity contribution in [1.29, 1.82) is 0 Å². The van der Waals surface area contributed by atoms with Gasteiger partial charge in [-0.15, -0.1) is 0 Å². The standard InChI is InChI=1S/C31H30ClNO5/c1-5-13-37-24-12-11-20(16-26(24)36-6-2)28-27-29(34)22-14-18(3)19(4)15-25(22)38-30(27)31(35)33(28)17-21-9-7-8-10-23(21)32/h7-12,14-16,28H,5-6,13,17H2,1-4H3. The smallest absolute Gasteiger partial charge is 0.291 e. The molecule has 2 heterocycles. The predicted octanol–water partition coefficient (Wildman–Crippen LogP) is 7.00. The summed E-state index contributed by atoms with van der Waals surface area (Å²) in [6.45, 7) is 9.05. The van der Waals surface area contributed by atoms with Crippen LogP contribution in [0.2, 0.25) is 5.02 Å². The van der Waals surface area contributed by atoms with E-state index in [1.807, 2.05) is 76.2 Å². The molecule has 0 N–H and O–H groups in total. The first-order chi connectivity index (χ1) is 18.3. The van der Waals surface area contributed by atoms with E-state index in [0.29, 0.717) is 46.3 Å². The van der Waals surface area contributed by atoms with E-state index in [9.17, 15) is 9.59 Å². The monoisotopic (exact) mass is 531 g/mol. The molecule has 0 fully saturated rings. The third-order valence-electron chi connectivity index (χ3n) is 6.93. The molecule has 0 saturated carbocycles. The van der Waals surface area contributed by atoms with Crippen LogP contribution in [0.5, 0.6) is 11.5 Å². The lowest BCUT2D eigenvalue weighted by atomic mass is 9.97. The minimum Gasteiger partial charge on any atom is -0.490 e. The quantitative estimate of drug-likeness (QED) is 0.245. The number of benzene rings is 3. The average Bonchev–Trinajstić information content (AvgIpc) is 3.17. The first-order valence-electron chi connectivity index (χ1n) is 12.9. The van der Waals surface area contributed by atoms with Crippen molar-refractivity contribution in [2.45, 2.75) is 46.7 Å². The van der Waals surface area contributed by atoms with Gasteiger partial charge in [0.25, 0.3) is 5.91 Å². The molecule has 1 amide bonds. The van der Waals surface area contributed by atoms with Crippen molar-refractivity contribution in [2.75, 3.05) is 13.2 Å². The minimum absolute atomic E-state index is 0.0621. The lowest BCUT2D eigenvalue weighted by Crippen LogP contribution is -2.29. The number of hydrogen-bond donors (Lipinski definition) is 0. The third-order valence-corrected chi connectivity index (χ3v) is 7.29. The van der Waals surface area contributed by atoms with Crippen molar-refractivity contribution in [3.63, 3.8) is 0 Å². The molecule has 3 aromatic carbocycles. The Morgan fingerprint density at radius 1 is 0.947 bits per heavy atom. The fourth-order valence-corrected chi connectivity index (χ4v) is 5.09. The highest BCUT2D eigenvalue weighted by molar-refractivity contribution is 6.31. The van der Waals surface area contributed by atoms with Gasteiger partial charge in [0.1, 0.15) is 5.58 Å². The van der Waals surface area contributed by atoms with Crippen molar-refractivity contribution in [2.24, 2.45) is 0 Å². The van der Waals surface area contributed by atoms with Crippen molar-refractivity contribution in [1.82, 2.24) is 4.90 Å². The molecule has 0 radical (unpaired) electrons. The largest absolute Gasteiger partial charge is 0.490 e. The summed E-state index contributed by atoms with van der Waals surface area (Å²) in [5, 5.41) is 1.00. The average molecular weight is 532 g/mol. The second-order valence-corrected chi connectivity index (χ2v) is 9.93. The lowest BCUT2D eigenvalue weighted by molar-refractivity contribution is 0.0714. The second kappa shape index (κ2) is 10.5. The van der Waals surface area contributed by atoms with Crippen LogP contribution in [0.1, 0.15) is 64.7 Å². The molecule has 1 aliphatic heterocycles. The number of hydrogen-bond acceptors (Lipinski definition) is 5. The summed E-state index contributed by atoms with van der Waals surface area (Å²) >= 11 is 6.48. The maximum Gasteiger partial charge on any atom is 0.291 e. The van der Waals surface area contributed by atoms with E-state index in [4.69, 9.17) is 25.5 Å². The van der Waals surface area contributed by atoms with E-state index in [1.54, 1.807) is 11.0 Å². The van der Waals surface area contributed by atoms with Crippen LogP contribution in [0, 0.1) is 13.8 Å². The van der Waals surface area contributed by atoms with Crippen LogP contribution in [0.25, 0.3) is 11.0 Å². The fraction of sp³-hybridized carbons (Fsp3) is 0.290. The first-order valence-corrected chi connectivity index (χ1v) is 13.2. The Labute approximate surface area is 226 Å². The summed E-state index contributed by atoms with van der Waals surface area (Å²) in [7, 11) is 0. The Morgan fingerprint density at radius 2 is 1.71 bits per heavy atom. The molecule has 0 bridgehead atoms. The summed E-state index contributed by atoms with van der Waals surface area (Å²) in [6.07, 6.45) is 0.858. The van der Waals surface area contributed by atoms with Gasteiger partial charge in [-0.05, 0) is 79.8 Å². The normalized spacial score (nSPS) is 14.7. The summed E-state index contributed by atoms with van der Waals surface area (Å²) in [6, 6.07) is 15.9. The van der Waals surface area contributed by atoms with Crippen LogP contribution >= 0.6 is 11.6 Å². The number of halogens is 1. The van der Waals surface area contributed by atoms with Gasteiger partial charge in [-0.25, -0.2) is 0 Å². The first kappa shape index (κ1) is 25.9. The van der Waals surface area contributed by atoms with Crippen LogP contribution in [-0.4, -0.2) is 24.0 Å². The van der Waals surface area contributed by atoms with Gasteiger partial charge in [-0.1, -0.05) is 42.8 Å². The molecule has 7 heteroatoms. The number of carbonyl (C=O) groups is 1. The number of rotatable bonds is 8. The van der Waals surface area contributed by atoms with Crippen LogP contribution in [0.15, 0.2) is 63.8 Å². The topological polar surface area (TPSA) is 69.0 Å². The van der Waals surface area contributed by atoms with Crippen LogP contribution < -0.4 is 14.9 Å². The summed E-state index contributed by atoms with van der Waals surface area (Å²) in [5.74, 6) is 0.892. The summed E-state index contributed by atoms with van der Waals surface area (Å²) < 4.78 is 17.9. The Morgan fingerprint density at radius 3 is 2.45 bits per heavy atom. The molecular weight excluding hydrogens is 502 g/mol. The highest BCUT2D eigenvalue weighted by Crippen LogP contribution is 2.42. The van der Waals surface area contributed by atoms with Crippen LogP contribution in [0.3, 0.4) is 0 Å². The maximum atomic E-state index is 14.0. The van der Waals surface area contributed by atoms with Crippen LogP contribution in [-0.2, 0) is 6.54 Å². The second-order valence-electron chi connectivity index (χ2n) is 9.52. The molecule has 1 atom stereocenters. The molecule has 0 saturated heterocycles. The van der Waals surface area contributed by atoms with Crippen molar-refractivity contribution in [3.05, 3.63) is 103 Å². The molecule has 1 aromatic heterocycles. The minimum atomic E-state index is -0.685. The van der Waals surface area contributed by atoms with Gasteiger partial charge in [0, 0.05) is 11.6 Å². The van der Waals surface area contributed by atoms with E-state index in [-0.39, 0.29) is 23.6 Å². The van der Waals surface area contributed by atoms with E-state index in [0.717, 1.165) is 28.7 Å². The molecule has 4 aromatic rings. The van der Waals surface area contributed by atoms with Crippen molar-refractivity contribution >= 4 is 28.5 Å². The Balaban J connectivity index is 1.72. The molecular formula is C31H30ClNO5. The van der Waals surface area contributed by atoms with Gasteiger partial charge in [0.15, 0.2) is 16.9 Å². The Bertz CT molecular complexity index is 1590. The van der Waals surface area contributed by atoms with E-state index in [2.05, 4.69) is 0 Å². The Kier molecular flexibility index (Phi) is 7.17. The lowest BCUT2D eigenvalue weighted by Gasteiger charge is -2.26. The molecule has 0 spiro atoms. The SMILES string of the molecule is CCCOc1ccc(C2c3c(oc4cc(C)c(C)cc4c3=O)C(=O)N2Cc2ccccc2Cl)cc1OCC. The zero-order chi connectivity index (χ0) is 27.0.